The second-order valence-corrected chi connectivity index (χ2v) is 9.92. The van der Waals surface area contributed by atoms with Crippen molar-refractivity contribution in [1.29, 1.82) is 0 Å². The maximum atomic E-state index is 2.46. The molecule has 4 rings (SSSR count). The van der Waals surface area contributed by atoms with Crippen molar-refractivity contribution in [3.05, 3.63) is 94.5 Å². The molecule has 0 N–H and O–H groups in total. The third kappa shape index (κ3) is 5.88. The van der Waals surface area contributed by atoms with Crippen LogP contribution in [0.4, 0.5) is 0 Å². The van der Waals surface area contributed by atoms with Gasteiger partial charge in [0.15, 0.2) is 0 Å². The molecule has 0 unspecified atom stereocenters. The van der Waals surface area contributed by atoms with E-state index in [0.29, 0.717) is 0 Å². The molecule has 1 aliphatic carbocycles. The SMILES string of the molecule is Cc1ccc(-c2ccc(CCCCc3ccc(C4CCC(C)CC4)c(C)c3)cc2)cc1. The van der Waals surface area contributed by atoms with Gasteiger partial charge in [-0.2, -0.15) is 0 Å². The van der Waals surface area contributed by atoms with Crippen LogP contribution in [0.1, 0.15) is 79.2 Å². The van der Waals surface area contributed by atoms with Crippen LogP contribution in [0.5, 0.6) is 0 Å². The highest BCUT2D eigenvalue weighted by atomic mass is 14.3. The lowest BCUT2D eigenvalue weighted by molar-refractivity contribution is 0.347. The first kappa shape index (κ1) is 21.9. The molecule has 1 aliphatic rings. The second kappa shape index (κ2) is 10.3. The molecule has 0 atom stereocenters. The van der Waals surface area contributed by atoms with Gasteiger partial charge >= 0.3 is 0 Å². The molecule has 0 nitrogen and oxygen atoms in total. The smallest absolute Gasteiger partial charge is 0.0159 e. The minimum atomic E-state index is 0.799. The quantitative estimate of drug-likeness (QED) is 0.341. The van der Waals surface area contributed by atoms with Crippen molar-refractivity contribution in [2.75, 3.05) is 0 Å². The van der Waals surface area contributed by atoms with Crippen LogP contribution in [0.2, 0.25) is 0 Å². The van der Waals surface area contributed by atoms with Crippen LogP contribution in [-0.4, -0.2) is 0 Å². The third-order valence-electron chi connectivity index (χ3n) is 7.31. The van der Waals surface area contributed by atoms with Gasteiger partial charge in [-0.25, -0.2) is 0 Å². The summed E-state index contributed by atoms with van der Waals surface area (Å²) in [5.74, 6) is 1.72. The molecule has 162 valence electrons. The van der Waals surface area contributed by atoms with Crippen molar-refractivity contribution >= 4 is 0 Å². The summed E-state index contributed by atoms with van der Waals surface area (Å²) in [4.78, 5) is 0. The standard InChI is InChI=1S/C31H38/c1-23-8-15-28(16-9-23)29-19-12-26(13-20-29)6-4-5-7-27-14-21-31(25(3)22-27)30-17-10-24(2)11-18-30/h8-9,12-16,19-22,24,30H,4-7,10-11,17-18H2,1-3H3. The van der Waals surface area contributed by atoms with Crippen LogP contribution in [0.15, 0.2) is 66.7 Å². The Bertz CT molecular complexity index is 954. The Morgan fingerprint density at radius 1 is 0.645 bits per heavy atom. The van der Waals surface area contributed by atoms with Gasteiger partial charge in [-0.05, 0) is 97.6 Å². The van der Waals surface area contributed by atoms with E-state index in [2.05, 4.69) is 87.5 Å². The summed E-state index contributed by atoms with van der Waals surface area (Å²) in [6.45, 7) is 6.87. The average Bonchev–Trinajstić information content (AvgIpc) is 2.79. The highest BCUT2D eigenvalue weighted by Gasteiger charge is 2.20. The Morgan fingerprint density at radius 2 is 1.19 bits per heavy atom. The fourth-order valence-electron chi connectivity index (χ4n) is 5.19. The Morgan fingerprint density at radius 3 is 1.81 bits per heavy atom. The zero-order valence-electron chi connectivity index (χ0n) is 19.7. The van der Waals surface area contributed by atoms with E-state index in [4.69, 9.17) is 0 Å². The molecule has 1 fully saturated rings. The minimum absolute atomic E-state index is 0.799. The van der Waals surface area contributed by atoms with E-state index in [1.165, 1.54) is 84.7 Å². The summed E-state index contributed by atoms with van der Waals surface area (Å²) >= 11 is 0. The normalized spacial score (nSPS) is 18.8. The molecular weight excluding hydrogens is 372 g/mol. The summed E-state index contributed by atoms with van der Waals surface area (Å²) in [5, 5.41) is 0. The fraction of sp³-hybridized carbons (Fsp3) is 0.419. The molecule has 0 radical (unpaired) electrons. The van der Waals surface area contributed by atoms with Crippen LogP contribution in [0.25, 0.3) is 11.1 Å². The Kier molecular flexibility index (Phi) is 7.28. The summed E-state index contributed by atoms with van der Waals surface area (Å²) in [5.41, 5.74) is 10.0. The number of rotatable bonds is 7. The van der Waals surface area contributed by atoms with Crippen molar-refractivity contribution in [2.24, 2.45) is 5.92 Å². The van der Waals surface area contributed by atoms with E-state index in [0.717, 1.165) is 11.8 Å². The number of hydrogen-bond acceptors (Lipinski definition) is 0. The number of aryl methyl sites for hydroxylation is 4. The monoisotopic (exact) mass is 410 g/mol. The highest BCUT2D eigenvalue weighted by molar-refractivity contribution is 5.63. The molecule has 0 amide bonds. The van der Waals surface area contributed by atoms with Crippen molar-refractivity contribution in [3.63, 3.8) is 0 Å². The number of hydrogen-bond donors (Lipinski definition) is 0. The summed E-state index contributed by atoms with van der Waals surface area (Å²) in [7, 11) is 0. The van der Waals surface area contributed by atoms with Crippen LogP contribution in [-0.2, 0) is 12.8 Å². The average molecular weight is 411 g/mol. The molecule has 0 bridgehead atoms. The molecule has 3 aromatic rings. The van der Waals surface area contributed by atoms with Crippen LogP contribution in [0, 0.1) is 19.8 Å². The first-order valence-electron chi connectivity index (χ1n) is 12.3. The molecule has 3 aromatic carbocycles. The predicted molar refractivity (Wildman–Crippen MR) is 135 cm³/mol. The van der Waals surface area contributed by atoms with Gasteiger partial charge in [0, 0.05) is 0 Å². The summed E-state index contributed by atoms with van der Waals surface area (Å²) in [6.07, 6.45) is 10.4. The van der Waals surface area contributed by atoms with Gasteiger partial charge in [0.05, 0.1) is 0 Å². The second-order valence-electron chi connectivity index (χ2n) is 9.92. The van der Waals surface area contributed by atoms with Gasteiger partial charge in [0.2, 0.25) is 0 Å². The van der Waals surface area contributed by atoms with E-state index in [1.54, 1.807) is 5.56 Å². The first-order chi connectivity index (χ1) is 15.1. The van der Waals surface area contributed by atoms with E-state index in [9.17, 15) is 0 Å². The molecule has 1 saturated carbocycles. The van der Waals surface area contributed by atoms with Crippen LogP contribution >= 0.6 is 0 Å². The van der Waals surface area contributed by atoms with E-state index in [-0.39, 0.29) is 0 Å². The Labute approximate surface area is 189 Å². The van der Waals surface area contributed by atoms with Gasteiger partial charge < -0.3 is 0 Å². The lowest BCUT2D eigenvalue weighted by Crippen LogP contribution is -2.12. The van der Waals surface area contributed by atoms with Crippen LogP contribution in [0.3, 0.4) is 0 Å². The highest BCUT2D eigenvalue weighted by Crippen LogP contribution is 2.37. The Balaban J connectivity index is 1.25. The van der Waals surface area contributed by atoms with Gasteiger partial charge in [-0.1, -0.05) is 92.1 Å². The van der Waals surface area contributed by atoms with Crippen LogP contribution < -0.4 is 0 Å². The molecule has 31 heavy (non-hydrogen) atoms. The fourth-order valence-corrected chi connectivity index (χ4v) is 5.19. The number of unbranched alkanes of at least 4 members (excludes halogenated alkanes) is 1. The molecule has 0 saturated heterocycles. The molecular formula is C31H38. The molecule has 0 aliphatic heterocycles. The zero-order valence-corrected chi connectivity index (χ0v) is 19.7. The van der Waals surface area contributed by atoms with E-state index in [1.807, 2.05) is 0 Å². The molecule has 0 heterocycles. The zero-order chi connectivity index (χ0) is 21.6. The first-order valence-corrected chi connectivity index (χ1v) is 12.3. The minimum Gasteiger partial charge on any atom is -0.0625 e. The van der Waals surface area contributed by atoms with E-state index < -0.39 is 0 Å². The summed E-state index contributed by atoms with van der Waals surface area (Å²) in [6, 6.07) is 25.3. The maximum absolute atomic E-state index is 2.46. The van der Waals surface area contributed by atoms with Crippen molar-refractivity contribution in [3.8, 4) is 11.1 Å². The Hall–Kier alpha value is -2.34. The number of benzene rings is 3. The largest absolute Gasteiger partial charge is 0.0625 e. The van der Waals surface area contributed by atoms with Gasteiger partial charge in [-0.3, -0.25) is 0 Å². The van der Waals surface area contributed by atoms with Gasteiger partial charge in [0.1, 0.15) is 0 Å². The molecule has 0 aromatic heterocycles. The molecule has 0 heteroatoms. The van der Waals surface area contributed by atoms with Gasteiger partial charge in [0.25, 0.3) is 0 Å². The lowest BCUT2D eigenvalue weighted by Gasteiger charge is -2.27. The van der Waals surface area contributed by atoms with Gasteiger partial charge in [-0.15, -0.1) is 0 Å². The molecule has 0 spiro atoms. The lowest BCUT2D eigenvalue weighted by atomic mass is 9.78. The van der Waals surface area contributed by atoms with Crippen molar-refractivity contribution in [2.45, 2.75) is 78.1 Å². The predicted octanol–water partition coefficient (Wildman–Crippen LogP) is 8.83. The van der Waals surface area contributed by atoms with Crippen molar-refractivity contribution in [1.82, 2.24) is 0 Å². The summed E-state index contributed by atoms with van der Waals surface area (Å²) < 4.78 is 0. The topological polar surface area (TPSA) is 0 Å². The van der Waals surface area contributed by atoms with Crippen molar-refractivity contribution < 1.29 is 0 Å². The maximum Gasteiger partial charge on any atom is -0.0159 e. The van der Waals surface area contributed by atoms with E-state index >= 15 is 0 Å². The third-order valence-corrected chi connectivity index (χ3v) is 7.31.